The van der Waals surface area contributed by atoms with Crippen LogP contribution in [0, 0.1) is 0 Å². The van der Waals surface area contributed by atoms with Crippen LogP contribution in [0.4, 0.5) is 0 Å². The van der Waals surface area contributed by atoms with Crippen LogP contribution in [-0.4, -0.2) is 5.78 Å². The van der Waals surface area contributed by atoms with E-state index in [0.29, 0.717) is 11.8 Å². The van der Waals surface area contributed by atoms with E-state index in [-0.39, 0.29) is 5.78 Å². The van der Waals surface area contributed by atoms with E-state index in [0.717, 1.165) is 5.56 Å². The Labute approximate surface area is 115 Å². The van der Waals surface area contributed by atoms with E-state index >= 15 is 0 Å². The molecule has 0 bridgehead atoms. The minimum absolute atomic E-state index is 0.151. The number of fused-ring (bicyclic) bond motifs is 1. The molecule has 0 aliphatic rings. The van der Waals surface area contributed by atoms with Gasteiger partial charge in [0.1, 0.15) is 0 Å². The van der Waals surface area contributed by atoms with Gasteiger partial charge in [0.2, 0.25) is 0 Å². The van der Waals surface area contributed by atoms with Crippen molar-refractivity contribution < 1.29 is 4.79 Å². The Morgan fingerprint density at radius 2 is 1.63 bits per heavy atom. The third-order valence-corrected chi connectivity index (χ3v) is 3.71. The zero-order chi connectivity index (χ0) is 14.2. The second kappa shape index (κ2) is 5.16. The van der Waals surface area contributed by atoms with Gasteiger partial charge >= 0.3 is 0 Å². The molecule has 0 fully saturated rings. The van der Waals surface area contributed by atoms with E-state index in [9.17, 15) is 4.79 Å². The second-order valence-electron chi connectivity index (χ2n) is 5.87. The summed E-state index contributed by atoms with van der Waals surface area (Å²) in [6.07, 6.45) is 0. The first kappa shape index (κ1) is 13.8. The van der Waals surface area contributed by atoms with Crippen molar-refractivity contribution >= 4 is 16.6 Å². The molecule has 0 unspecified atom stereocenters. The van der Waals surface area contributed by atoms with Gasteiger partial charge in [-0.1, -0.05) is 58.0 Å². The van der Waals surface area contributed by atoms with Gasteiger partial charge < -0.3 is 0 Å². The van der Waals surface area contributed by atoms with Gasteiger partial charge in [0, 0.05) is 5.56 Å². The molecule has 2 aromatic rings. The number of hydrogen-bond acceptors (Lipinski definition) is 1. The smallest absolute Gasteiger partial charge is 0.160 e. The first-order chi connectivity index (χ1) is 8.91. The van der Waals surface area contributed by atoms with E-state index in [1.165, 1.54) is 21.9 Å². The predicted molar refractivity (Wildman–Crippen MR) is 82.1 cm³/mol. The zero-order valence-electron chi connectivity index (χ0n) is 12.4. The molecule has 1 heteroatoms. The maximum Gasteiger partial charge on any atom is 0.160 e. The summed E-state index contributed by atoms with van der Waals surface area (Å²) in [5, 5.41) is 2.45. The average molecular weight is 254 g/mol. The van der Waals surface area contributed by atoms with Gasteiger partial charge in [-0.2, -0.15) is 0 Å². The van der Waals surface area contributed by atoms with Crippen LogP contribution < -0.4 is 0 Å². The molecule has 0 heterocycles. The van der Waals surface area contributed by atoms with Gasteiger partial charge in [-0.25, -0.2) is 0 Å². The highest BCUT2D eigenvalue weighted by molar-refractivity contribution is 6.01. The molecule has 0 radical (unpaired) electrons. The Morgan fingerprint density at radius 3 is 2.16 bits per heavy atom. The summed E-state index contributed by atoms with van der Waals surface area (Å²) in [7, 11) is 0. The van der Waals surface area contributed by atoms with Crippen LogP contribution in [0.15, 0.2) is 30.3 Å². The Balaban J connectivity index is 2.76. The second-order valence-corrected chi connectivity index (χ2v) is 5.87. The standard InChI is InChI=1S/C18H22O/c1-11(2)14-6-9-17-15(10-14)7-8-16(13(5)19)18(17)12(3)4/h6-12H,1-5H3. The molecule has 1 nitrogen and oxygen atoms in total. The fraction of sp³-hybridized carbons (Fsp3) is 0.389. The molecule has 0 aliphatic carbocycles. The maximum absolute atomic E-state index is 11.8. The first-order valence-electron chi connectivity index (χ1n) is 6.99. The Bertz CT molecular complexity index is 621. The van der Waals surface area contributed by atoms with Crippen molar-refractivity contribution in [2.24, 2.45) is 0 Å². The highest BCUT2D eigenvalue weighted by atomic mass is 16.1. The quantitative estimate of drug-likeness (QED) is 0.680. The van der Waals surface area contributed by atoms with E-state index in [4.69, 9.17) is 0 Å². The fourth-order valence-electron chi connectivity index (χ4n) is 2.66. The highest BCUT2D eigenvalue weighted by Crippen LogP contribution is 2.31. The van der Waals surface area contributed by atoms with Gasteiger partial charge in [-0.15, -0.1) is 0 Å². The first-order valence-corrected chi connectivity index (χ1v) is 6.99. The van der Waals surface area contributed by atoms with Gasteiger partial charge in [0.15, 0.2) is 5.78 Å². The van der Waals surface area contributed by atoms with Crippen molar-refractivity contribution in [2.45, 2.75) is 46.5 Å². The topological polar surface area (TPSA) is 17.1 Å². The Hall–Kier alpha value is -1.63. The molecular formula is C18H22O. The van der Waals surface area contributed by atoms with Crippen LogP contribution >= 0.6 is 0 Å². The largest absolute Gasteiger partial charge is 0.295 e. The number of hydrogen-bond donors (Lipinski definition) is 0. The molecule has 0 aliphatic heterocycles. The van der Waals surface area contributed by atoms with E-state index in [1.54, 1.807) is 6.92 Å². The number of ketones is 1. The summed E-state index contributed by atoms with van der Waals surface area (Å²) in [6.45, 7) is 10.4. The van der Waals surface area contributed by atoms with Crippen molar-refractivity contribution in [3.63, 3.8) is 0 Å². The van der Waals surface area contributed by atoms with E-state index in [1.807, 2.05) is 6.07 Å². The minimum atomic E-state index is 0.151. The summed E-state index contributed by atoms with van der Waals surface area (Å²) >= 11 is 0. The summed E-state index contributed by atoms with van der Waals surface area (Å²) in [5.74, 6) is 1.03. The van der Waals surface area contributed by atoms with Crippen LogP contribution in [-0.2, 0) is 0 Å². The SMILES string of the molecule is CC(=O)c1ccc2cc(C(C)C)ccc2c1C(C)C. The van der Waals surface area contributed by atoms with Crippen LogP contribution in [0.5, 0.6) is 0 Å². The number of rotatable bonds is 3. The molecular weight excluding hydrogens is 232 g/mol. The highest BCUT2D eigenvalue weighted by Gasteiger charge is 2.14. The van der Waals surface area contributed by atoms with Crippen molar-refractivity contribution in [3.8, 4) is 0 Å². The molecule has 100 valence electrons. The summed E-state index contributed by atoms with van der Waals surface area (Å²) < 4.78 is 0. The minimum Gasteiger partial charge on any atom is -0.295 e. The van der Waals surface area contributed by atoms with Gasteiger partial charge in [-0.3, -0.25) is 4.79 Å². The molecule has 2 aromatic carbocycles. The monoisotopic (exact) mass is 254 g/mol. The van der Waals surface area contributed by atoms with Gasteiger partial charge in [-0.05, 0) is 40.7 Å². The lowest BCUT2D eigenvalue weighted by Gasteiger charge is -2.16. The summed E-state index contributed by atoms with van der Waals surface area (Å²) in [5.41, 5.74) is 3.39. The molecule has 0 atom stereocenters. The van der Waals surface area contributed by atoms with Gasteiger partial charge in [0.05, 0.1) is 0 Å². The summed E-state index contributed by atoms with van der Waals surface area (Å²) in [6, 6.07) is 10.7. The molecule has 0 saturated heterocycles. The van der Waals surface area contributed by atoms with Crippen molar-refractivity contribution in [3.05, 3.63) is 47.0 Å². The molecule has 0 N–H and O–H groups in total. The lowest BCUT2D eigenvalue weighted by atomic mass is 9.88. The Kier molecular flexibility index (Phi) is 3.75. The third kappa shape index (κ3) is 2.56. The van der Waals surface area contributed by atoms with E-state index in [2.05, 4.69) is 52.0 Å². The average Bonchev–Trinajstić information content (AvgIpc) is 2.35. The number of carbonyl (C=O) groups excluding carboxylic acids is 1. The lowest BCUT2D eigenvalue weighted by Crippen LogP contribution is -2.02. The predicted octanol–water partition coefficient (Wildman–Crippen LogP) is 5.29. The molecule has 0 spiro atoms. The van der Waals surface area contributed by atoms with Crippen molar-refractivity contribution in [1.82, 2.24) is 0 Å². The Morgan fingerprint density at radius 1 is 0.947 bits per heavy atom. The number of carbonyl (C=O) groups is 1. The van der Waals surface area contributed by atoms with Crippen LogP contribution in [0.3, 0.4) is 0 Å². The van der Waals surface area contributed by atoms with Crippen molar-refractivity contribution in [1.29, 1.82) is 0 Å². The van der Waals surface area contributed by atoms with Crippen LogP contribution in [0.25, 0.3) is 10.8 Å². The van der Waals surface area contributed by atoms with Crippen molar-refractivity contribution in [2.75, 3.05) is 0 Å². The number of Topliss-reactive ketones (excluding diaryl/α,β-unsaturated/α-hetero) is 1. The molecule has 0 saturated carbocycles. The number of benzene rings is 2. The van der Waals surface area contributed by atoms with Crippen LogP contribution in [0.2, 0.25) is 0 Å². The van der Waals surface area contributed by atoms with E-state index < -0.39 is 0 Å². The summed E-state index contributed by atoms with van der Waals surface area (Å²) in [4.78, 5) is 11.8. The maximum atomic E-state index is 11.8. The van der Waals surface area contributed by atoms with Crippen LogP contribution in [0.1, 0.15) is 67.9 Å². The molecule has 0 amide bonds. The molecule has 19 heavy (non-hydrogen) atoms. The van der Waals surface area contributed by atoms with Gasteiger partial charge in [0.25, 0.3) is 0 Å². The third-order valence-electron chi connectivity index (χ3n) is 3.71. The molecule has 2 rings (SSSR count). The fourth-order valence-corrected chi connectivity index (χ4v) is 2.66. The zero-order valence-corrected chi connectivity index (χ0v) is 12.4. The lowest BCUT2D eigenvalue weighted by molar-refractivity contribution is 0.101. The normalized spacial score (nSPS) is 11.5. The molecule has 0 aromatic heterocycles.